The first-order chi connectivity index (χ1) is 15.7. The van der Waals surface area contributed by atoms with E-state index in [4.69, 9.17) is 0 Å². The van der Waals surface area contributed by atoms with Crippen molar-refractivity contribution in [2.24, 2.45) is 0 Å². The second-order valence-corrected chi connectivity index (χ2v) is 7.92. The van der Waals surface area contributed by atoms with Crippen molar-refractivity contribution < 1.29 is 4.79 Å². The zero-order valence-corrected chi connectivity index (χ0v) is 18.0. The minimum absolute atomic E-state index is 0.118. The average molecular weight is 426 g/mol. The maximum absolute atomic E-state index is 13.1. The van der Waals surface area contributed by atoms with Gasteiger partial charge in [0.2, 0.25) is 5.91 Å². The van der Waals surface area contributed by atoms with Crippen molar-refractivity contribution in [1.29, 1.82) is 0 Å². The van der Waals surface area contributed by atoms with Crippen LogP contribution in [-0.2, 0) is 24.2 Å². The molecule has 0 atom stereocenters. The van der Waals surface area contributed by atoms with Gasteiger partial charge in [-0.15, -0.1) is 0 Å². The average Bonchev–Trinajstić information content (AvgIpc) is 2.83. The van der Waals surface area contributed by atoms with Crippen molar-refractivity contribution >= 4 is 16.8 Å². The fraction of sp³-hybridized carbons (Fsp3) is 0.222. The third kappa shape index (κ3) is 5.70. The van der Waals surface area contributed by atoms with Crippen molar-refractivity contribution in [2.75, 3.05) is 6.54 Å². The molecule has 1 heterocycles. The lowest BCUT2D eigenvalue weighted by Crippen LogP contribution is -2.32. The fourth-order valence-corrected chi connectivity index (χ4v) is 3.82. The van der Waals surface area contributed by atoms with Crippen molar-refractivity contribution in [2.45, 2.75) is 32.2 Å². The summed E-state index contributed by atoms with van der Waals surface area (Å²) in [5.74, 6) is 0.744. The van der Waals surface area contributed by atoms with Gasteiger partial charge in [-0.1, -0.05) is 72.8 Å². The Morgan fingerprint density at radius 3 is 2.22 bits per heavy atom. The number of rotatable bonds is 9. The van der Waals surface area contributed by atoms with E-state index in [0.717, 1.165) is 12.0 Å². The van der Waals surface area contributed by atoms with Gasteiger partial charge < -0.3 is 9.88 Å². The molecule has 32 heavy (non-hydrogen) atoms. The van der Waals surface area contributed by atoms with Gasteiger partial charge in [0.05, 0.1) is 10.9 Å². The second-order valence-electron chi connectivity index (χ2n) is 7.92. The van der Waals surface area contributed by atoms with Crippen LogP contribution in [0.3, 0.4) is 0 Å². The molecule has 0 fully saturated rings. The van der Waals surface area contributed by atoms with Crippen molar-refractivity contribution in [1.82, 2.24) is 14.9 Å². The van der Waals surface area contributed by atoms with E-state index >= 15 is 0 Å². The smallest absolute Gasteiger partial charge is 0.258 e. The van der Waals surface area contributed by atoms with E-state index in [-0.39, 0.29) is 11.5 Å². The van der Waals surface area contributed by atoms with Gasteiger partial charge in [-0.3, -0.25) is 9.59 Å². The molecule has 4 aromatic rings. The monoisotopic (exact) mass is 425 g/mol. The Kier molecular flexibility index (Phi) is 7.08. The number of fused-ring (bicyclic) bond motifs is 1. The first-order valence-electron chi connectivity index (χ1n) is 11.0. The molecule has 4 rings (SSSR count). The van der Waals surface area contributed by atoms with E-state index in [2.05, 4.69) is 22.1 Å². The molecular formula is C27H27N3O2. The molecule has 0 saturated heterocycles. The van der Waals surface area contributed by atoms with Crippen LogP contribution in [0.4, 0.5) is 0 Å². The molecule has 0 saturated carbocycles. The summed E-state index contributed by atoms with van der Waals surface area (Å²) >= 11 is 0. The van der Waals surface area contributed by atoms with Crippen molar-refractivity contribution in [3.8, 4) is 0 Å². The second kappa shape index (κ2) is 10.5. The number of H-pyrrole nitrogens is 1. The van der Waals surface area contributed by atoms with Gasteiger partial charge in [0.15, 0.2) is 0 Å². The van der Waals surface area contributed by atoms with Gasteiger partial charge in [0.25, 0.3) is 5.56 Å². The Bertz CT molecular complexity index is 1220. The fourth-order valence-electron chi connectivity index (χ4n) is 3.82. The molecule has 162 valence electrons. The molecule has 3 aromatic carbocycles. The number of benzene rings is 3. The molecule has 0 unspecified atom stereocenters. The standard InChI is InChI=1S/C27H27N3O2/c31-26(17-9-16-25-28-24-15-8-7-14-23(24)27(32)29-25)30(20-22-12-5-2-6-13-22)19-18-21-10-3-1-4-11-21/h1-8,10-15H,9,16-20H2,(H,28,29,32). The summed E-state index contributed by atoms with van der Waals surface area (Å²) in [5, 5.41) is 0.585. The highest BCUT2D eigenvalue weighted by Crippen LogP contribution is 2.12. The van der Waals surface area contributed by atoms with E-state index in [0.29, 0.717) is 49.1 Å². The van der Waals surface area contributed by atoms with Crippen LogP contribution in [0.25, 0.3) is 10.9 Å². The molecule has 5 nitrogen and oxygen atoms in total. The lowest BCUT2D eigenvalue weighted by molar-refractivity contribution is -0.131. The van der Waals surface area contributed by atoms with Crippen LogP contribution in [0.15, 0.2) is 89.7 Å². The molecule has 0 aliphatic carbocycles. The van der Waals surface area contributed by atoms with Crippen LogP contribution in [0.5, 0.6) is 0 Å². The Morgan fingerprint density at radius 2 is 1.47 bits per heavy atom. The van der Waals surface area contributed by atoms with Gasteiger partial charge >= 0.3 is 0 Å². The van der Waals surface area contributed by atoms with Gasteiger partial charge in [0.1, 0.15) is 5.82 Å². The third-order valence-electron chi connectivity index (χ3n) is 5.55. The number of para-hydroxylation sites is 1. The predicted molar refractivity (Wildman–Crippen MR) is 127 cm³/mol. The van der Waals surface area contributed by atoms with Crippen LogP contribution in [0, 0.1) is 0 Å². The number of aryl methyl sites for hydroxylation is 1. The first kappa shape index (κ1) is 21.5. The number of hydrogen-bond acceptors (Lipinski definition) is 3. The molecule has 0 aliphatic rings. The van der Waals surface area contributed by atoms with Gasteiger partial charge in [-0.05, 0) is 36.1 Å². The van der Waals surface area contributed by atoms with E-state index < -0.39 is 0 Å². The number of amides is 1. The number of carbonyl (C=O) groups is 1. The summed E-state index contributed by atoms with van der Waals surface area (Å²) in [7, 11) is 0. The van der Waals surface area contributed by atoms with Gasteiger partial charge in [-0.25, -0.2) is 4.98 Å². The highest BCUT2D eigenvalue weighted by atomic mass is 16.2. The predicted octanol–water partition coefficient (Wildman–Crippen LogP) is 4.52. The molecule has 1 amide bonds. The Hall–Kier alpha value is -3.73. The van der Waals surface area contributed by atoms with E-state index in [1.807, 2.05) is 71.6 Å². The number of aromatic amines is 1. The zero-order valence-electron chi connectivity index (χ0n) is 18.0. The zero-order chi connectivity index (χ0) is 22.2. The van der Waals surface area contributed by atoms with Crippen LogP contribution < -0.4 is 5.56 Å². The maximum atomic E-state index is 13.1. The molecule has 0 spiro atoms. The number of aromatic nitrogens is 2. The third-order valence-corrected chi connectivity index (χ3v) is 5.55. The van der Waals surface area contributed by atoms with Gasteiger partial charge in [0, 0.05) is 25.9 Å². The van der Waals surface area contributed by atoms with E-state index in [1.54, 1.807) is 6.07 Å². The number of nitrogens with zero attached hydrogens (tertiary/aromatic N) is 2. The summed E-state index contributed by atoms with van der Waals surface area (Å²) in [6.07, 6.45) is 2.43. The van der Waals surface area contributed by atoms with Crippen LogP contribution >= 0.6 is 0 Å². The summed E-state index contributed by atoms with van der Waals surface area (Å²) in [5.41, 5.74) is 2.89. The lowest BCUT2D eigenvalue weighted by Gasteiger charge is -2.23. The molecule has 0 radical (unpaired) electrons. The maximum Gasteiger partial charge on any atom is 0.258 e. The van der Waals surface area contributed by atoms with Crippen molar-refractivity contribution in [3.63, 3.8) is 0 Å². The number of carbonyl (C=O) groups excluding carboxylic acids is 1. The minimum Gasteiger partial charge on any atom is -0.338 e. The topological polar surface area (TPSA) is 66.1 Å². The SMILES string of the molecule is O=C(CCCc1nc2ccccc2c(=O)[nH]1)N(CCc1ccccc1)Cc1ccccc1. The molecule has 1 aromatic heterocycles. The van der Waals surface area contributed by atoms with Crippen LogP contribution in [0.1, 0.15) is 29.8 Å². The summed E-state index contributed by atoms with van der Waals surface area (Å²) in [4.78, 5) is 34.6. The van der Waals surface area contributed by atoms with Gasteiger partial charge in [-0.2, -0.15) is 0 Å². The molecule has 0 aliphatic heterocycles. The summed E-state index contributed by atoms with van der Waals surface area (Å²) in [6.45, 7) is 1.26. The molecule has 0 bridgehead atoms. The number of nitrogens with one attached hydrogen (secondary N) is 1. The first-order valence-corrected chi connectivity index (χ1v) is 11.0. The van der Waals surface area contributed by atoms with E-state index in [1.165, 1.54) is 5.56 Å². The Morgan fingerprint density at radius 1 is 0.812 bits per heavy atom. The highest BCUT2D eigenvalue weighted by molar-refractivity contribution is 5.77. The summed E-state index contributed by atoms with van der Waals surface area (Å²) < 4.78 is 0. The minimum atomic E-state index is -0.134. The largest absolute Gasteiger partial charge is 0.338 e. The highest BCUT2D eigenvalue weighted by Gasteiger charge is 2.14. The lowest BCUT2D eigenvalue weighted by atomic mass is 10.1. The van der Waals surface area contributed by atoms with Crippen LogP contribution in [0.2, 0.25) is 0 Å². The molecular weight excluding hydrogens is 398 g/mol. The quantitative estimate of drug-likeness (QED) is 0.429. The Labute approximate surface area is 187 Å². The normalized spacial score (nSPS) is 10.9. The van der Waals surface area contributed by atoms with E-state index in [9.17, 15) is 9.59 Å². The van der Waals surface area contributed by atoms with Crippen LogP contribution in [-0.4, -0.2) is 27.3 Å². The number of hydrogen-bond donors (Lipinski definition) is 1. The van der Waals surface area contributed by atoms with Crippen molar-refractivity contribution in [3.05, 3.63) is 112 Å². The Balaban J connectivity index is 1.39. The molecule has 5 heteroatoms. The molecule has 1 N–H and O–H groups in total. The summed E-state index contributed by atoms with van der Waals surface area (Å²) in [6, 6.07) is 27.6.